The molecule has 1 aromatic carbocycles. The summed E-state index contributed by atoms with van der Waals surface area (Å²) in [4.78, 5) is 0. The molecule has 2 bridgehead atoms. The van der Waals surface area contributed by atoms with Gasteiger partial charge in [0.1, 0.15) is 0 Å². The Balaban J connectivity index is 1.62. The minimum absolute atomic E-state index is 0.781. The molecule has 2 aliphatic carbocycles. The first-order valence-corrected chi connectivity index (χ1v) is 7.59. The number of hydrogen-bond acceptors (Lipinski definition) is 1. The van der Waals surface area contributed by atoms with Crippen molar-refractivity contribution in [3.05, 3.63) is 27.7 Å². The van der Waals surface area contributed by atoms with Gasteiger partial charge in [0.15, 0.2) is 0 Å². The Kier molecular flexibility index (Phi) is 3.36. The Morgan fingerprint density at radius 2 is 2.18 bits per heavy atom. The van der Waals surface area contributed by atoms with Gasteiger partial charge in [0, 0.05) is 12.2 Å². The van der Waals surface area contributed by atoms with E-state index in [1.807, 2.05) is 12.1 Å². The minimum atomic E-state index is 0.781. The van der Waals surface area contributed by atoms with E-state index in [0.29, 0.717) is 0 Å². The lowest BCUT2D eigenvalue weighted by Crippen LogP contribution is -2.20. The predicted molar refractivity (Wildman–Crippen MR) is 76.6 cm³/mol. The van der Waals surface area contributed by atoms with Crippen LogP contribution in [-0.4, -0.2) is 6.54 Å². The van der Waals surface area contributed by atoms with Crippen LogP contribution >= 0.6 is 27.5 Å². The third kappa shape index (κ3) is 2.34. The van der Waals surface area contributed by atoms with Crippen LogP contribution in [0.4, 0.5) is 5.69 Å². The zero-order valence-corrected chi connectivity index (χ0v) is 12.1. The lowest BCUT2D eigenvalue weighted by Gasteiger charge is -2.22. The van der Waals surface area contributed by atoms with Crippen molar-refractivity contribution in [3.63, 3.8) is 0 Å². The predicted octanol–water partition coefficient (Wildman–Crippen LogP) is 4.95. The van der Waals surface area contributed by atoms with Gasteiger partial charge in [-0.2, -0.15) is 0 Å². The first kappa shape index (κ1) is 11.9. The molecular weight excluding hydrogens is 298 g/mol. The molecule has 92 valence electrons. The van der Waals surface area contributed by atoms with Crippen molar-refractivity contribution in [3.8, 4) is 0 Å². The minimum Gasteiger partial charge on any atom is -0.384 e. The summed E-state index contributed by atoms with van der Waals surface area (Å²) < 4.78 is 0.991. The molecule has 1 nitrogen and oxygen atoms in total. The quantitative estimate of drug-likeness (QED) is 0.832. The summed E-state index contributed by atoms with van der Waals surface area (Å²) in [5, 5.41) is 4.33. The van der Waals surface area contributed by atoms with Gasteiger partial charge in [-0.1, -0.05) is 24.1 Å². The summed E-state index contributed by atoms with van der Waals surface area (Å²) in [6.07, 6.45) is 5.83. The fraction of sp³-hybridized carbons (Fsp3) is 0.571. The number of anilines is 1. The van der Waals surface area contributed by atoms with Crippen molar-refractivity contribution in [1.29, 1.82) is 0 Å². The van der Waals surface area contributed by atoms with Crippen molar-refractivity contribution < 1.29 is 0 Å². The molecule has 2 saturated carbocycles. The number of rotatable bonds is 3. The van der Waals surface area contributed by atoms with Gasteiger partial charge in [-0.25, -0.2) is 0 Å². The average molecular weight is 315 g/mol. The maximum atomic E-state index is 6.09. The second kappa shape index (κ2) is 4.81. The third-order valence-corrected chi connectivity index (χ3v) is 5.79. The first-order chi connectivity index (χ1) is 8.24. The molecule has 0 radical (unpaired) electrons. The summed E-state index contributed by atoms with van der Waals surface area (Å²) in [6.45, 7) is 1.10. The van der Waals surface area contributed by atoms with E-state index in [9.17, 15) is 0 Å². The van der Waals surface area contributed by atoms with Crippen LogP contribution in [0.3, 0.4) is 0 Å². The Morgan fingerprint density at radius 1 is 1.29 bits per heavy atom. The normalized spacial score (nSPS) is 30.8. The standard InChI is InChI=1S/C14H17BrClN/c15-14-12(16)2-1-3-13(14)17-8-11-7-9-4-5-10(11)6-9/h1-3,9-11,17H,4-8H2. The number of halogens is 2. The molecule has 1 aromatic rings. The van der Waals surface area contributed by atoms with Crippen molar-refractivity contribution in [2.24, 2.45) is 17.8 Å². The van der Waals surface area contributed by atoms with Crippen molar-refractivity contribution >= 4 is 33.2 Å². The highest BCUT2D eigenvalue weighted by molar-refractivity contribution is 9.10. The van der Waals surface area contributed by atoms with Crippen molar-refractivity contribution in [2.45, 2.75) is 25.7 Å². The van der Waals surface area contributed by atoms with Crippen LogP contribution in [0.2, 0.25) is 5.02 Å². The van der Waals surface area contributed by atoms with Crippen LogP contribution in [0.15, 0.2) is 22.7 Å². The molecule has 0 aliphatic heterocycles. The molecular formula is C14H17BrClN. The lowest BCUT2D eigenvalue weighted by molar-refractivity contribution is 0.348. The maximum Gasteiger partial charge on any atom is 0.0593 e. The van der Waals surface area contributed by atoms with Gasteiger partial charge in [-0.3, -0.25) is 0 Å². The molecule has 0 heterocycles. The Bertz CT molecular complexity index is 421. The summed E-state index contributed by atoms with van der Waals surface area (Å²) in [6, 6.07) is 5.99. The molecule has 0 amide bonds. The van der Waals surface area contributed by atoms with E-state index in [-0.39, 0.29) is 0 Å². The summed E-state index contributed by atoms with van der Waals surface area (Å²) in [5.41, 5.74) is 1.13. The fourth-order valence-corrected chi connectivity index (χ4v) is 4.09. The van der Waals surface area contributed by atoms with Gasteiger partial charge in [-0.15, -0.1) is 0 Å². The largest absolute Gasteiger partial charge is 0.384 e. The Labute approximate surface area is 116 Å². The van der Waals surface area contributed by atoms with Crippen LogP contribution in [0.1, 0.15) is 25.7 Å². The monoisotopic (exact) mass is 313 g/mol. The molecule has 3 heteroatoms. The van der Waals surface area contributed by atoms with Gasteiger partial charge in [0.25, 0.3) is 0 Å². The van der Waals surface area contributed by atoms with Crippen LogP contribution in [0.25, 0.3) is 0 Å². The van der Waals surface area contributed by atoms with Crippen LogP contribution in [0, 0.1) is 17.8 Å². The van der Waals surface area contributed by atoms with Crippen molar-refractivity contribution in [1.82, 2.24) is 0 Å². The average Bonchev–Trinajstić information content (AvgIpc) is 2.93. The zero-order valence-electron chi connectivity index (χ0n) is 9.76. The highest BCUT2D eigenvalue weighted by Crippen LogP contribution is 2.48. The molecule has 3 atom stereocenters. The smallest absolute Gasteiger partial charge is 0.0593 e. The molecule has 0 spiro atoms. The maximum absolute atomic E-state index is 6.09. The molecule has 3 unspecified atom stereocenters. The molecule has 0 saturated heterocycles. The number of nitrogens with one attached hydrogen (secondary N) is 1. The zero-order chi connectivity index (χ0) is 11.8. The second-order valence-electron chi connectivity index (χ2n) is 5.42. The molecule has 2 aliphatic rings. The lowest BCUT2D eigenvalue weighted by atomic mass is 9.89. The van der Waals surface area contributed by atoms with Crippen LogP contribution < -0.4 is 5.32 Å². The van der Waals surface area contributed by atoms with E-state index >= 15 is 0 Å². The summed E-state index contributed by atoms with van der Waals surface area (Å²) in [5.74, 6) is 2.87. The number of fused-ring (bicyclic) bond motifs is 2. The molecule has 1 N–H and O–H groups in total. The van der Waals surface area contributed by atoms with E-state index in [1.165, 1.54) is 25.7 Å². The van der Waals surface area contributed by atoms with Crippen LogP contribution in [0.5, 0.6) is 0 Å². The van der Waals surface area contributed by atoms with E-state index in [4.69, 9.17) is 11.6 Å². The molecule has 0 aromatic heterocycles. The number of hydrogen-bond donors (Lipinski definition) is 1. The first-order valence-electron chi connectivity index (χ1n) is 6.42. The molecule has 3 rings (SSSR count). The Hall–Kier alpha value is -0.210. The van der Waals surface area contributed by atoms with Gasteiger partial charge in [0.2, 0.25) is 0 Å². The topological polar surface area (TPSA) is 12.0 Å². The highest BCUT2D eigenvalue weighted by atomic mass is 79.9. The summed E-state index contributed by atoms with van der Waals surface area (Å²) in [7, 11) is 0. The second-order valence-corrected chi connectivity index (χ2v) is 6.62. The third-order valence-electron chi connectivity index (χ3n) is 4.39. The highest BCUT2D eigenvalue weighted by Gasteiger charge is 2.39. The fourth-order valence-electron chi connectivity index (χ4n) is 3.51. The summed E-state index contributed by atoms with van der Waals surface area (Å²) >= 11 is 9.62. The van der Waals surface area contributed by atoms with Gasteiger partial charge in [-0.05, 0) is 65.1 Å². The van der Waals surface area contributed by atoms with Crippen molar-refractivity contribution in [2.75, 3.05) is 11.9 Å². The van der Waals surface area contributed by atoms with E-state index in [2.05, 4.69) is 27.3 Å². The molecule has 2 fully saturated rings. The van der Waals surface area contributed by atoms with Gasteiger partial charge < -0.3 is 5.32 Å². The van der Waals surface area contributed by atoms with E-state index in [1.54, 1.807) is 0 Å². The SMILES string of the molecule is Clc1cccc(NCC2CC3CCC2C3)c1Br. The van der Waals surface area contributed by atoms with Gasteiger partial charge in [0.05, 0.1) is 9.50 Å². The van der Waals surface area contributed by atoms with Crippen LogP contribution in [-0.2, 0) is 0 Å². The molecule has 17 heavy (non-hydrogen) atoms. The Morgan fingerprint density at radius 3 is 2.88 bits per heavy atom. The van der Waals surface area contributed by atoms with E-state index < -0.39 is 0 Å². The van der Waals surface area contributed by atoms with Gasteiger partial charge >= 0.3 is 0 Å². The number of benzene rings is 1. The van der Waals surface area contributed by atoms with E-state index in [0.717, 1.165) is 39.5 Å².